The van der Waals surface area contributed by atoms with Crippen LogP contribution in [0.5, 0.6) is 0 Å². The van der Waals surface area contributed by atoms with E-state index in [-0.39, 0.29) is 0 Å². The van der Waals surface area contributed by atoms with E-state index in [0.717, 1.165) is 24.8 Å². The molecule has 76 valence electrons. The molecule has 2 rings (SSSR count). The van der Waals surface area contributed by atoms with Gasteiger partial charge in [-0.3, -0.25) is 0 Å². The van der Waals surface area contributed by atoms with Gasteiger partial charge in [-0.1, -0.05) is 18.2 Å². The van der Waals surface area contributed by atoms with E-state index in [9.17, 15) is 12.3 Å². The molecule has 1 aromatic carbocycles. The second-order valence-corrected chi connectivity index (χ2v) is 4.96. The van der Waals surface area contributed by atoms with Crippen LogP contribution in [-0.2, 0) is 28.8 Å². The van der Waals surface area contributed by atoms with E-state index in [1.165, 1.54) is 5.56 Å². The third kappa shape index (κ3) is 1.95. The molecule has 0 N–H and O–H groups in total. The van der Waals surface area contributed by atoms with Gasteiger partial charge in [0, 0.05) is 0 Å². The van der Waals surface area contributed by atoms with Crippen LogP contribution in [-0.4, -0.2) is 8.42 Å². The van der Waals surface area contributed by atoms with E-state index < -0.39 is 16.0 Å². The average molecular weight is 214 g/mol. The highest BCUT2D eigenvalue weighted by Gasteiger charge is 2.18. The molecule has 0 saturated carbocycles. The van der Waals surface area contributed by atoms with E-state index in [4.69, 9.17) is 0 Å². The first-order chi connectivity index (χ1) is 6.56. The van der Waals surface area contributed by atoms with Crippen molar-refractivity contribution in [1.82, 2.24) is 0 Å². The van der Waals surface area contributed by atoms with Gasteiger partial charge in [0.05, 0.1) is 0 Å². The summed E-state index contributed by atoms with van der Waals surface area (Å²) in [5.41, 5.74) is 2.84. The minimum Gasteiger partial charge on any atom is -0.194 e. The molecular weight excluding hydrogens is 203 g/mol. The van der Waals surface area contributed by atoms with Crippen molar-refractivity contribution in [3.05, 3.63) is 34.9 Å². The van der Waals surface area contributed by atoms with Gasteiger partial charge >= 0.3 is 10.2 Å². The normalized spacial score (nSPS) is 15.5. The Morgan fingerprint density at radius 1 is 1.29 bits per heavy atom. The highest BCUT2D eigenvalue weighted by Crippen LogP contribution is 2.26. The summed E-state index contributed by atoms with van der Waals surface area (Å²) in [5.74, 6) is -0.476. The van der Waals surface area contributed by atoms with Crippen molar-refractivity contribution < 1.29 is 12.3 Å². The van der Waals surface area contributed by atoms with Gasteiger partial charge in [-0.2, -0.15) is 8.42 Å². The molecule has 4 heteroatoms. The van der Waals surface area contributed by atoms with Crippen molar-refractivity contribution >= 4 is 10.2 Å². The first-order valence-electron chi connectivity index (χ1n) is 4.58. The molecule has 1 aromatic rings. The molecule has 0 saturated heterocycles. The Labute approximate surface area is 83.0 Å². The molecule has 0 fully saturated rings. The zero-order valence-electron chi connectivity index (χ0n) is 7.66. The minimum atomic E-state index is -4.40. The van der Waals surface area contributed by atoms with Gasteiger partial charge in [-0.05, 0) is 36.0 Å². The lowest BCUT2D eigenvalue weighted by atomic mass is 10.1. The predicted octanol–water partition coefficient (Wildman–Crippen LogP) is 1.97. The number of benzene rings is 1. The largest absolute Gasteiger partial charge is 0.306 e. The molecule has 1 aliphatic carbocycles. The maximum absolute atomic E-state index is 12.5. The number of aryl methyl sites for hydroxylation is 1. The number of hydrogen-bond donors (Lipinski definition) is 0. The first kappa shape index (κ1) is 9.65. The van der Waals surface area contributed by atoms with Gasteiger partial charge in [-0.25, -0.2) is 0 Å². The van der Waals surface area contributed by atoms with Gasteiger partial charge in [0.15, 0.2) is 0 Å². The van der Waals surface area contributed by atoms with Crippen LogP contribution in [0.15, 0.2) is 18.2 Å². The second-order valence-electron chi connectivity index (χ2n) is 3.59. The number of fused-ring (bicyclic) bond motifs is 1. The average Bonchev–Trinajstić information content (AvgIpc) is 2.49. The van der Waals surface area contributed by atoms with Gasteiger partial charge < -0.3 is 0 Å². The van der Waals surface area contributed by atoms with Crippen LogP contribution in [0.1, 0.15) is 23.1 Å². The number of rotatable bonds is 2. The lowest BCUT2D eigenvalue weighted by Gasteiger charge is -2.05. The lowest BCUT2D eigenvalue weighted by Crippen LogP contribution is -2.00. The Morgan fingerprint density at radius 3 is 2.79 bits per heavy atom. The summed E-state index contributed by atoms with van der Waals surface area (Å²) in [6.07, 6.45) is 2.90. The smallest absolute Gasteiger partial charge is 0.194 e. The molecule has 0 bridgehead atoms. The van der Waals surface area contributed by atoms with Crippen LogP contribution >= 0.6 is 0 Å². The van der Waals surface area contributed by atoms with Crippen LogP contribution < -0.4 is 0 Å². The van der Waals surface area contributed by atoms with Crippen LogP contribution in [0.25, 0.3) is 0 Å². The highest BCUT2D eigenvalue weighted by atomic mass is 32.3. The van der Waals surface area contributed by atoms with Gasteiger partial charge in [-0.15, -0.1) is 3.89 Å². The SMILES string of the molecule is O=S(=O)(F)Cc1cccc2c1CCC2. The summed E-state index contributed by atoms with van der Waals surface area (Å²) < 4.78 is 33.6. The minimum absolute atomic E-state index is 0.476. The van der Waals surface area contributed by atoms with E-state index in [1.807, 2.05) is 6.07 Å². The Hall–Kier alpha value is -0.900. The monoisotopic (exact) mass is 214 g/mol. The maximum Gasteiger partial charge on any atom is 0.306 e. The van der Waals surface area contributed by atoms with Crippen LogP contribution in [0.4, 0.5) is 3.89 Å². The predicted molar refractivity (Wildman–Crippen MR) is 52.2 cm³/mol. The quantitative estimate of drug-likeness (QED) is 0.705. The van der Waals surface area contributed by atoms with Gasteiger partial charge in [0.1, 0.15) is 5.75 Å². The first-order valence-corrected chi connectivity index (χ1v) is 6.13. The fourth-order valence-corrected chi connectivity index (χ4v) is 2.66. The highest BCUT2D eigenvalue weighted by molar-refractivity contribution is 7.85. The summed E-state index contributed by atoms with van der Waals surface area (Å²) in [4.78, 5) is 0. The van der Waals surface area contributed by atoms with Crippen molar-refractivity contribution in [2.45, 2.75) is 25.0 Å². The van der Waals surface area contributed by atoms with E-state index in [2.05, 4.69) is 0 Å². The zero-order chi connectivity index (χ0) is 10.2. The van der Waals surface area contributed by atoms with Crippen molar-refractivity contribution in [3.63, 3.8) is 0 Å². The molecule has 0 heterocycles. The van der Waals surface area contributed by atoms with Crippen molar-refractivity contribution in [2.75, 3.05) is 0 Å². The van der Waals surface area contributed by atoms with Gasteiger partial charge in [0.25, 0.3) is 0 Å². The summed E-state index contributed by atoms with van der Waals surface area (Å²) in [6, 6.07) is 5.47. The number of halogens is 1. The van der Waals surface area contributed by atoms with Crippen LogP contribution in [0.2, 0.25) is 0 Å². The Kier molecular flexibility index (Phi) is 2.31. The molecule has 0 spiro atoms. The topological polar surface area (TPSA) is 34.1 Å². The Bertz CT molecular complexity index is 451. The molecule has 2 nitrogen and oxygen atoms in total. The fourth-order valence-electron chi connectivity index (χ4n) is 2.02. The third-order valence-corrected chi connectivity index (χ3v) is 3.23. The fraction of sp³-hybridized carbons (Fsp3) is 0.400. The summed E-state index contributed by atoms with van der Waals surface area (Å²) in [6.45, 7) is 0. The Balaban J connectivity index is 2.40. The molecule has 14 heavy (non-hydrogen) atoms. The lowest BCUT2D eigenvalue weighted by molar-refractivity contribution is 0.551. The zero-order valence-corrected chi connectivity index (χ0v) is 8.48. The molecule has 0 amide bonds. The molecule has 0 aromatic heterocycles. The summed E-state index contributed by atoms with van der Waals surface area (Å²) >= 11 is 0. The molecule has 1 aliphatic rings. The molecule has 0 unspecified atom stereocenters. The van der Waals surface area contributed by atoms with Gasteiger partial charge in [0.2, 0.25) is 0 Å². The van der Waals surface area contributed by atoms with Crippen molar-refractivity contribution in [1.29, 1.82) is 0 Å². The van der Waals surface area contributed by atoms with Crippen molar-refractivity contribution in [2.24, 2.45) is 0 Å². The van der Waals surface area contributed by atoms with Crippen molar-refractivity contribution in [3.8, 4) is 0 Å². The van der Waals surface area contributed by atoms with E-state index in [0.29, 0.717) is 5.56 Å². The molecular formula is C10H11FO2S. The molecule has 0 aliphatic heterocycles. The van der Waals surface area contributed by atoms with E-state index in [1.54, 1.807) is 12.1 Å². The third-order valence-electron chi connectivity index (χ3n) is 2.57. The second kappa shape index (κ2) is 3.35. The molecule has 0 atom stereocenters. The molecule has 0 radical (unpaired) electrons. The number of hydrogen-bond acceptors (Lipinski definition) is 2. The van der Waals surface area contributed by atoms with Crippen LogP contribution in [0.3, 0.4) is 0 Å². The maximum atomic E-state index is 12.5. The summed E-state index contributed by atoms with van der Waals surface area (Å²) in [5, 5.41) is 0. The summed E-state index contributed by atoms with van der Waals surface area (Å²) in [7, 11) is -4.40. The van der Waals surface area contributed by atoms with E-state index >= 15 is 0 Å². The van der Waals surface area contributed by atoms with Crippen LogP contribution in [0, 0.1) is 0 Å². The standard InChI is InChI=1S/C10H11FO2S/c11-14(12,13)7-9-5-1-3-8-4-2-6-10(8)9/h1,3,5H,2,4,6-7H2. The Morgan fingerprint density at radius 2 is 2.07 bits per heavy atom.